The van der Waals surface area contributed by atoms with Gasteiger partial charge in [-0.15, -0.1) is 0 Å². The Bertz CT molecular complexity index is 1420. The number of fused-ring (bicyclic) bond motifs is 1. The second-order valence-electron chi connectivity index (χ2n) is 10.3. The molecular weight excluding hydrogens is 476 g/mol. The Morgan fingerprint density at radius 2 is 1.76 bits per heavy atom. The van der Waals surface area contributed by atoms with Crippen molar-refractivity contribution in [3.63, 3.8) is 0 Å². The molecule has 0 fully saturated rings. The number of aromatic amines is 1. The average Bonchev–Trinajstić information content (AvgIpc) is 3.22. The summed E-state index contributed by atoms with van der Waals surface area (Å²) in [5, 5.41) is 11.7. The van der Waals surface area contributed by atoms with E-state index < -0.39 is 5.97 Å². The van der Waals surface area contributed by atoms with E-state index >= 15 is 0 Å². The van der Waals surface area contributed by atoms with Gasteiger partial charge in [-0.25, -0.2) is 9.79 Å². The molecule has 0 spiro atoms. The molecule has 198 valence electrons. The van der Waals surface area contributed by atoms with E-state index in [4.69, 9.17) is 15.5 Å². The number of hydrogen-bond donors (Lipinski definition) is 3. The van der Waals surface area contributed by atoms with Crippen LogP contribution in [0.2, 0.25) is 0 Å². The average molecular weight is 513 g/mol. The maximum absolute atomic E-state index is 12.2. The number of esters is 1. The van der Waals surface area contributed by atoms with E-state index in [0.717, 1.165) is 36.1 Å². The van der Waals surface area contributed by atoms with Crippen molar-refractivity contribution in [1.29, 1.82) is 0 Å². The third-order valence-corrected chi connectivity index (χ3v) is 6.34. The number of ether oxygens (including phenoxy) is 1. The number of nitrogens with two attached hydrogens (primary N) is 1. The number of hydrogen-bond acceptors (Lipinski definition) is 6. The number of nitrogens with one attached hydrogen (secondary N) is 1. The third-order valence-electron chi connectivity index (χ3n) is 6.34. The SMILES string of the molecule is CCOC(=O)c1ccc2c(C(=Nc3ccc(CN(C)CCC(C)(C)N)cc3)c3ccccc3)c(O)[nH]c2c1. The van der Waals surface area contributed by atoms with Gasteiger partial charge in [0.2, 0.25) is 0 Å². The zero-order valence-electron chi connectivity index (χ0n) is 22.5. The van der Waals surface area contributed by atoms with Gasteiger partial charge in [-0.05, 0) is 70.6 Å². The summed E-state index contributed by atoms with van der Waals surface area (Å²) in [7, 11) is 2.10. The minimum Gasteiger partial charge on any atom is -0.494 e. The lowest BCUT2D eigenvalue weighted by molar-refractivity contribution is 0.0526. The van der Waals surface area contributed by atoms with Gasteiger partial charge >= 0.3 is 5.97 Å². The summed E-state index contributed by atoms with van der Waals surface area (Å²) in [5.74, 6) is -0.413. The highest BCUT2D eigenvalue weighted by molar-refractivity contribution is 6.22. The van der Waals surface area contributed by atoms with Gasteiger partial charge in [-0.2, -0.15) is 0 Å². The van der Waals surface area contributed by atoms with E-state index in [1.807, 2.05) is 62.4 Å². The lowest BCUT2D eigenvalue weighted by Crippen LogP contribution is -2.36. The number of H-pyrrole nitrogens is 1. The third kappa shape index (κ3) is 6.68. The van der Waals surface area contributed by atoms with Crippen molar-refractivity contribution >= 4 is 28.3 Å². The molecule has 0 aliphatic heterocycles. The van der Waals surface area contributed by atoms with Crippen molar-refractivity contribution in [2.75, 3.05) is 20.2 Å². The van der Waals surface area contributed by atoms with E-state index in [1.54, 1.807) is 19.1 Å². The normalized spacial score (nSPS) is 12.3. The first-order valence-corrected chi connectivity index (χ1v) is 12.9. The van der Waals surface area contributed by atoms with Gasteiger partial charge in [-0.3, -0.25) is 0 Å². The van der Waals surface area contributed by atoms with Crippen LogP contribution in [0, 0.1) is 0 Å². The van der Waals surface area contributed by atoms with Crippen LogP contribution in [0.25, 0.3) is 10.9 Å². The molecule has 0 atom stereocenters. The zero-order valence-corrected chi connectivity index (χ0v) is 22.5. The van der Waals surface area contributed by atoms with Crippen LogP contribution in [0.5, 0.6) is 5.88 Å². The van der Waals surface area contributed by atoms with Crippen LogP contribution in [0.4, 0.5) is 5.69 Å². The lowest BCUT2D eigenvalue weighted by Gasteiger charge is -2.23. The first-order chi connectivity index (χ1) is 18.1. The van der Waals surface area contributed by atoms with Gasteiger partial charge in [0.25, 0.3) is 0 Å². The van der Waals surface area contributed by atoms with Crippen LogP contribution >= 0.6 is 0 Å². The van der Waals surface area contributed by atoms with E-state index in [-0.39, 0.29) is 11.4 Å². The number of aromatic nitrogens is 1. The molecule has 4 rings (SSSR count). The number of rotatable bonds is 10. The molecule has 0 saturated carbocycles. The number of nitrogens with zero attached hydrogens (tertiary/aromatic N) is 2. The van der Waals surface area contributed by atoms with Crippen molar-refractivity contribution in [2.45, 2.75) is 39.3 Å². The molecule has 7 nitrogen and oxygen atoms in total. The van der Waals surface area contributed by atoms with Crippen molar-refractivity contribution in [3.05, 3.63) is 95.1 Å². The molecule has 1 aromatic heterocycles. The predicted molar refractivity (Wildman–Crippen MR) is 153 cm³/mol. The highest BCUT2D eigenvalue weighted by Gasteiger charge is 2.20. The first kappa shape index (κ1) is 27.1. The molecule has 0 bridgehead atoms. The smallest absolute Gasteiger partial charge is 0.338 e. The van der Waals surface area contributed by atoms with Gasteiger partial charge in [0.05, 0.1) is 29.1 Å². The molecular formula is C31H36N4O3. The van der Waals surface area contributed by atoms with Gasteiger partial charge < -0.3 is 25.5 Å². The standard InChI is InChI=1S/C31H36N4O3/c1-5-38-30(37)23-13-16-25-26(19-23)34-29(36)27(25)28(22-9-7-6-8-10-22)33-24-14-11-21(12-15-24)20-35(4)18-17-31(2,3)32/h6-16,19,34,36H,5,17-18,20,32H2,1-4H3. The lowest BCUT2D eigenvalue weighted by atomic mass is 10.00. The maximum Gasteiger partial charge on any atom is 0.338 e. The minimum atomic E-state index is -0.403. The Morgan fingerprint density at radius 3 is 2.42 bits per heavy atom. The monoisotopic (exact) mass is 512 g/mol. The molecule has 0 aliphatic carbocycles. The molecule has 0 radical (unpaired) electrons. The summed E-state index contributed by atoms with van der Waals surface area (Å²) in [4.78, 5) is 22.5. The summed E-state index contributed by atoms with van der Waals surface area (Å²) >= 11 is 0. The fourth-order valence-electron chi connectivity index (χ4n) is 4.30. The van der Waals surface area contributed by atoms with E-state index in [2.05, 4.69) is 29.1 Å². The van der Waals surface area contributed by atoms with Gasteiger partial charge in [0.1, 0.15) is 0 Å². The van der Waals surface area contributed by atoms with Crippen molar-refractivity contribution in [3.8, 4) is 5.88 Å². The van der Waals surface area contributed by atoms with Crippen LogP contribution in [0.1, 0.15) is 54.2 Å². The summed E-state index contributed by atoms with van der Waals surface area (Å²) in [6.45, 7) is 7.89. The van der Waals surface area contributed by atoms with Crippen LogP contribution in [0.3, 0.4) is 0 Å². The number of carbonyl (C=O) groups excluding carboxylic acids is 1. The Kier molecular flexibility index (Phi) is 8.29. The Labute approximate surface area is 224 Å². The topological polar surface area (TPSA) is 104 Å². The van der Waals surface area contributed by atoms with Gasteiger partial charge in [0.15, 0.2) is 5.88 Å². The Balaban J connectivity index is 1.67. The van der Waals surface area contributed by atoms with E-state index in [0.29, 0.717) is 29.0 Å². The largest absolute Gasteiger partial charge is 0.494 e. The van der Waals surface area contributed by atoms with E-state index in [1.165, 1.54) is 5.56 Å². The minimum absolute atomic E-state index is 0.00955. The summed E-state index contributed by atoms with van der Waals surface area (Å²) in [6.07, 6.45) is 0.918. The van der Waals surface area contributed by atoms with Crippen LogP contribution < -0.4 is 5.73 Å². The zero-order chi connectivity index (χ0) is 27.3. The number of aromatic hydroxyl groups is 1. The summed E-state index contributed by atoms with van der Waals surface area (Å²) in [5.41, 5.74) is 11.0. The van der Waals surface area contributed by atoms with Crippen LogP contribution in [0.15, 0.2) is 77.8 Å². The molecule has 3 aromatic carbocycles. The Morgan fingerprint density at radius 1 is 1.05 bits per heavy atom. The fourth-order valence-corrected chi connectivity index (χ4v) is 4.30. The van der Waals surface area contributed by atoms with E-state index in [9.17, 15) is 9.90 Å². The van der Waals surface area contributed by atoms with Gasteiger partial charge in [0, 0.05) is 28.6 Å². The van der Waals surface area contributed by atoms with Gasteiger partial charge in [-0.1, -0.05) is 48.5 Å². The summed E-state index contributed by atoms with van der Waals surface area (Å²) in [6, 6.07) is 23.1. The fraction of sp³-hybridized carbons (Fsp3) is 0.290. The maximum atomic E-state index is 12.2. The van der Waals surface area contributed by atoms with Crippen LogP contribution in [-0.4, -0.2) is 52.4 Å². The number of carbonyl (C=O) groups is 1. The number of aliphatic imine (C=N–C) groups is 1. The molecule has 38 heavy (non-hydrogen) atoms. The molecule has 4 aromatic rings. The van der Waals surface area contributed by atoms with Crippen molar-refractivity contribution in [1.82, 2.24) is 9.88 Å². The molecule has 0 saturated heterocycles. The number of benzene rings is 3. The molecule has 0 aliphatic rings. The molecule has 0 unspecified atom stereocenters. The second kappa shape index (κ2) is 11.6. The molecule has 1 heterocycles. The highest BCUT2D eigenvalue weighted by atomic mass is 16.5. The Hall–Kier alpha value is -3.94. The molecule has 4 N–H and O–H groups in total. The summed E-state index contributed by atoms with van der Waals surface area (Å²) < 4.78 is 5.12. The van der Waals surface area contributed by atoms with Crippen LogP contribution in [-0.2, 0) is 11.3 Å². The quantitative estimate of drug-likeness (QED) is 0.185. The van der Waals surface area contributed by atoms with Crippen molar-refractivity contribution in [2.24, 2.45) is 10.7 Å². The predicted octanol–water partition coefficient (Wildman–Crippen LogP) is 5.78. The first-order valence-electron chi connectivity index (χ1n) is 12.9. The van der Waals surface area contributed by atoms with Crippen molar-refractivity contribution < 1.29 is 14.6 Å². The second-order valence-corrected chi connectivity index (χ2v) is 10.3. The molecule has 0 amide bonds. The highest BCUT2D eigenvalue weighted by Crippen LogP contribution is 2.32. The molecule has 7 heteroatoms.